The topological polar surface area (TPSA) is 93.4 Å². The SMILES string of the molecule is CC(=O)c1cccc(S(=O)(=O)N2CCCC(Cc3nc(-c4ccccc4F)no3)C2)c1. The van der Waals surface area contributed by atoms with Gasteiger partial charge in [-0.25, -0.2) is 12.8 Å². The third-order valence-electron chi connectivity index (χ3n) is 5.41. The van der Waals surface area contributed by atoms with Gasteiger partial charge in [-0.1, -0.05) is 29.4 Å². The smallest absolute Gasteiger partial charge is 0.243 e. The van der Waals surface area contributed by atoms with E-state index in [-0.39, 0.29) is 28.0 Å². The molecule has 0 aliphatic carbocycles. The number of hydrogen-bond donors (Lipinski definition) is 0. The highest BCUT2D eigenvalue weighted by Crippen LogP contribution is 2.27. The van der Waals surface area contributed by atoms with Crippen LogP contribution in [0.1, 0.15) is 36.0 Å². The van der Waals surface area contributed by atoms with E-state index in [0.29, 0.717) is 37.4 Å². The Morgan fingerprint density at radius 2 is 2.03 bits per heavy atom. The number of rotatable bonds is 6. The number of carbonyl (C=O) groups is 1. The lowest BCUT2D eigenvalue weighted by Gasteiger charge is -2.31. The molecule has 7 nitrogen and oxygen atoms in total. The second-order valence-electron chi connectivity index (χ2n) is 7.65. The van der Waals surface area contributed by atoms with Crippen LogP contribution in [0, 0.1) is 11.7 Å². The molecule has 0 amide bonds. The number of halogens is 1. The van der Waals surface area contributed by atoms with Gasteiger partial charge in [-0.2, -0.15) is 9.29 Å². The molecule has 1 fully saturated rings. The number of ketones is 1. The number of piperidine rings is 1. The summed E-state index contributed by atoms with van der Waals surface area (Å²) >= 11 is 0. The van der Waals surface area contributed by atoms with Gasteiger partial charge in [0.15, 0.2) is 5.78 Å². The van der Waals surface area contributed by atoms with Crippen molar-refractivity contribution in [2.75, 3.05) is 13.1 Å². The van der Waals surface area contributed by atoms with Crippen molar-refractivity contribution in [3.05, 3.63) is 65.8 Å². The highest BCUT2D eigenvalue weighted by Gasteiger charge is 2.31. The van der Waals surface area contributed by atoms with Gasteiger partial charge in [-0.15, -0.1) is 0 Å². The van der Waals surface area contributed by atoms with Crippen LogP contribution in [0.25, 0.3) is 11.4 Å². The summed E-state index contributed by atoms with van der Waals surface area (Å²) < 4.78 is 46.9. The molecular weight excluding hydrogens is 421 g/mol. The minimum atomic E-state index is -3.72. The summed E-state index contributed by atoms with van der Waals surface area (Å²) in [7, 11) is -3.72. The normalized spacial score (nSPS) is 17.5. The van der Waals surface area contributed by atoms with Gasteiger partial charge in [0.2, 0.25) is 21.7 Å². The van der Waals surface area contributed by atoms with Crippen LogP contribution in [-0.4, -0.2) is 41.7 Å². The van der Waals surface area contributed by atoms with Crippen molar-refractivity contribution in [3.8, 4) is 11.4 Å². The van der Waals surface area contributed by atoms with Gasteiger partial charge in [0.05, 0.1) is 10.5 Å². The van der Waals surface area contributed by atoms with Crippen molar-refractivity contribution >= 4 is 15.8 Å². The second kappa shape index (κ2) is 8.68. The summed E-state index contributed by atoms with van der Waals surface area (Å²) in [6, 6.07) is 12.3. The molecule has 0 saturated carbocycles. The van der Waals surface area contributed by atoms with Crippen LogP contribution < -0.4 is 0 Å². The quantitative estimate of drug-likeness (QED) is 0.539. The third-order valence-corrected chi connectivity index (χ3v) is 7.27. The van der Waals surface area contributed by atoms with E-state index in [4.69, 9.17) is 4.52 Å². The van der Waals surface area contributed by atoms with Crippen molar-refractivity contribution in [2.24, 2.45) is 5.92 Å². The molecule has 0 N–H and O–H groups in total. The van der Waals surface area contributed by atoms with E-state index in [1.54, 1.807) is 30.3 Å². The van der Waals surface area contributed by atoms with Crippen LogP contribution in [0.3, 0.4) is 0 Å². The number of sulfonamides is 1. The molecule has 4 rings (SSSR count). The van der Waals surface area contributed by atoms with Gasteiger partial charge in [-0.05, 0) is 49.9 Å². The van der Waals surface area contributed by atoms with Gasteiger partial charge < -0.3 is 4.52 Å². The second-order valence-corrected chi connectivity index (χ2v) is 9.59. The van der Waals surface area contributed by atoms with Gasteiger partial charge in [0.25, 0.3) is 0 Å². The van der Waals surface area contributed by atoms with E-state index >= 15 is 0 Å². The van der Waals surface area contributed by atoms with Gasteiger partial charge in [0.1, 0.15) is 5.82 Å². The molecule has 1 aliphatic rings. The number of aromatic nitrogens is 2. The largest absolute Gasteiger partial charge is 0.339 e. The predicted octanol–water partition coefficient (Wildman–Crippen LogP) is 3.72. The monoisotopic (exact) mass is 443 g/mol. The van der Waals surface area contributed by atoms with Crippen LogP contribution in [-0.2, 0) is 16.4 Å². The summed E-state index contributed by atoms with van der Waals surface area (Å²) in [4.78, 5) is 16.0. The zero-order chi connectivity index (χ0) is 22.0. The Balaban J connectivity index is 1.49. The summed E-state index contributed by atoms with van der Waals surface area (Å²) in [5.41, 5.74) is 0.622. The lowest BCUT2D eigenvalue weighted by atomic mass is 9.96. The highest BCUT2D eigenvalue weighted by molar-refractivity contribution is 7.89. The van der Waals surface area contributed by atoms with E-state index in [1.807, 2.05) is 0 Å². The minimum absolute atomic E-state index is 0.00608. The maximum Gasteiger partial charge on any atom is 0.243 e. The molecule has 3 aromatic rings. The zero-order valence-corrected chi connectivity index (χ0v) is 17.8. The summed E-state index contributed by atoms with van der Waals surface area (Å²) in [6.45, 7) is 2.13. The molecule has 1 aromatic heterocycles. The molecule has 1 aliphatic heterocycles. The standard InChI is InChI=1S/C22H22FN3O4S/c1-15(27)17-7-4-8-18(13-17)31(28,29)26-11-5-6-16(14-26)12-21-24-22(25-30-21)19-9-2-3-10-20(19)23/h2-4,7-10,13,16H,5-6,11-12,14H2,1H3. The molecule has 1 atom stereocenters. The van der Waals surface area contributed by atoms with Crippen molar-refractivity contribution in [2.45, 2.75) is 31.1 Å². The molecule has 2 aromatic carbocycles. The van der Waals surface area contributed by atoms with Crippen LogP contribution in [0.5, 0.6) is 0 Å². The van der Waals surface area contributed by atoms with Crippen molar-refractivity contribution < 1.29 is 22.1 Å². The first-order valence-corrected chi connectivity index (χ1v) is 11.5. The van der Waals surface area contributed by atoms with Crippen LogP contribution in [0.2, 0.25) is 0 Å². The fourth-order valence-corrected chi connectivity index (χ4v) is 5.37. The molecule has 31 heavy (non-hydrogen) atoms. The Morgan fingerprint density at radius 1 is 1.23 bits per heavy atom. The van der Waals surface area contributed by atoms with E-state index in [0.717, 1.165) is 6.42 Å². The van der Waals surface area contributed by atoms with Crippen molar-refractivity contribution in [1.29, 1.82) is 0 Å². The first kappa shape index (κ1) is 21.3. The Labute approximate surface area is 179 Å². The van der Waals surface area contributed by atoms with Gasteiger partial charge in [-0.3, -0.25) is 4.79 Å². The highest BCUT2D eigenvalue weighted by atomic mass is 32.2. The van der Waals surface area contributed by atoms with Crippen LogP contribution in [0.15, 0.2) is 57.9 Å². The molecule has 0 bridgehead atoms. The van der Waals surface area contributed by atoms with Gasteiger partial charge in [0, 0.05) is 25.1 Å². The fourth-order valence-electron chi connectivity index (χ4n) is 3.77. The maximum absolute atomic E-state index is 13.9. The summed E-state index contributed by atoms with van der Waals surface area (Å²) in [5, 5.41) is 3.86. The molecule has 0 spiro atoms. The molecule has 1 unspecified atom stereocenters. The average Bonchev–Trinajstić information content (AvgIpc) is 3.22. The lowest BCUT2D eigenvalue weighted by Crippen LogP contribution is -2.40. The number of nitrogens with zero attached hydrogens (tertiary/aromatic N) is 3. The number of hydrogen-bond acceptors (Lipinski definition) is 6. The Morgan fingerprint density at radius 3 is 2.81 bits per heavy atom. The average molecular weight is 444 g/mol. The van der Waals surface area contributed by atoms with Crippen molar-refractivity contribution in [3.63, 3.8) is 0 Å². The molecule has 9 heteroatoms. The molecule has 0 radical (unpaired) electrons. The van der Waals surface area contributed by atoms with E-state index in [1.165, 1.54) is 29.4 Å². The third kappa shape index (κ3) is 4.57. The maximum atomic E-state index is 13.9. The number of carbonyl (C=O) groups excluding carboxylic acids is 1. The Kier molecular flexibility index (Phi) is 5.97. The first-order chi connectivity index (χ1) is 14.8. The minimum Gasteiger partial charge on any atom is -0.339 e. The first-order valence-electron chi connectivity index (χ1n) is 10.0. The Hall–Kier alpha value is -2.91. The van der Waals surface area contributed by atoms with Gasteiger partial charge >= 0.3 is 0 Å². The zero-order valence-electron chi connectivity index (χ0n) is 17.0. The summed E-state index contributed by atoms with van der Waals surface area (Å²) in [6.07, 6.45) is 1.92. The number of benzene rings is 2. The molecule has 1 saturated heterocycles. The van der Waals surface area contributed by atoms with Crippen LogP contribution in [0.4, 0.5) is 4.39 Å². The van der Waals surface area contributed by atoms with E-state index in [9.17, 15) is 17.6 Å². The van der Waals surface area contributed by atoms with Crippen molar-refractivity contribution in [1.82, 2.24) is 14.4 Å². The fraction of sp³-hybridized carbons (Fsp3) is 0.318. The predicted molar refractivity (Wildman–Crippen MR) is 111 cm³/mol. The Bertz CT molecular complexity index is 1210. The van der Waals surface area contributed by atoms with E-state index < -0.39 is 15.8 Å². The lowest BCUT2D eigenvalue weighted by molar-refractivity contribution is 0.101. The molecule has 2 heterocycles. The van der Waals surface area contributed by atoms with Crippen LogP contribution >= 0.6 is 0 Å². The number of Topliss-reactive ketones (excluding diaryl/α,β-unsaturated/α-hetero) is 1. The molecule has 162 valence electrons. The van der Waals surface area contributed by atoms with E-state index in [2.05, 4.69) is 10.1 Å². The summed E-state index contributed by atoms with van der Waals surface area (Å²) in [5.74, 6) is -0.0999. The molecular formula is C22H22FN3O4S.